The van der Waals surface area contributed by atoms with Gasteiger partial charge >= 0.3 is 0 Å². The SMILES string of the molecule is CN(C)CCNC(=O)c1cc2ccc(N)cc2[nH]1. The molecule has 4 N–H and O–H groups in total. The maximum Gasteiger partial charge on any atom is 0.267 e. The van der Waals surface area contributed by atoms with Crippen LogP contribution in [0.3, 0.4) is 0 Å². The second-order valence-electron chi connectivity index (χ2n) is 4.59. The Morgan fingerprint density at radius 3 is 2.89 bits per heavy atom. The summed E-state index contributed by atoms with van der Waals surface area (Å²) in [6.45, 7) is 1.45. The van der Waals surface area contributed by atoms with Crippen LogP contribution >= 0.6 is 0 Å². The predicted octanol–water partition coefficient (Wildman–Crippen LogP) is 1.04. The number of hydrogen-bond donors (Lipinski definition) is 3. The van der Waals surface area contributed by atoms with E-state index in [-0.39, 0.29) is 5.91 Å². The van der Waals surface area contributed by atoms with Crippen LogP contribution in [0.25, 0.3) is 10.9 Å². The van der Waals surface area contributed by atoms with E-state index in [1.54, 1.807) is 0 Å². The fourth-order valence-electron chi connectivity index (χ4n) is 1.76. The number of nitrogens with zero attached hydrogens (tertiary/aromatic N) is 1. The highest BCUT2D eigenvalue weighted by atomic mass is 16.1. The summed E-state index contributed by atoms with van der Waals surface area (Å²) >= 11 is 0. The summed E-state index contributed by atoms with van der Waals surface area (Å²) in [5, 5.41) is 3.85. The maximum absolute atomic E-state index is 11.9. The molecule has 1 amide bonds. The van der Waals surface area contributed by atoms with E-state index in [2.05, 4.69) is 10.3 Å². The Balaban J connectivity index is 2.08. The fraction of sp³-hybridized carbons (Fsp3) is 0.308. The van der Waals surface area contributed by atoms with Crippen LogP contribution in [0.5, 0.6) is 0 Å². The Morgan fingerprint density at radius 2 is 2.17 bits per heavy atom. The van der Waals surface area contributed by atoms with Crippen LogP contribution < -0.4 is 11.1 Å². The molecule has 2 aromatic rings. The Kier molecular flexibility index (Phi) is 3.53. The highest BCUT2D eigenvalue weighted by molar-refractivity contribution is 5.98. The number of aromatic nitrogens is 1. The molecule has 0 saturated carbocycles. The molecule has 1 aromatic heterocycles. The summed E-state index contributed by atoms with van der Waals surface area (Å²) in [5.41, 5.74) is 7.83. The van der Waals surface area contributed by atoms with Crippen LogP contribution in [0, 0.1) is 0 Å². The highest BCUT2D eigenvalue weighted by Gasteiger charge is 2.08. The van der Waals surface area contributed by atoms with E-state index in [1.165, 1.54) is 0 Å². The molecular weight excluding hydrogens is 228 g/mol. The minimum atomic E-state index is -0.0911. The van der Waals surface area contributed by atoms with Crippen LogP contribution in [0.4, 0.5) is 5.69 Å². The topological polar surface area (TPSA) is 74.2 Å². The van der Waals surface area contributed by atoms with Crippen LogP contribution in [0.2, 0.25) is 0 Å². The summed E-state index contributed by atoms with van der Waals surface area (Å²) in [6, 6.07) is 7.38. The Morgan fingerprint density at radius 1 is 1.39 bits per heavy atom. The number of H-pyrrole nitrogens is 1. The molecule has 0 aliphatic heterocycles. The number of likely N-dealkylation sites (N-methyl/N-ethyl adjacent to an activating group) is 1. The van der Waals surface area contributed by atoms with Gasteiger partial charge in [-0.1, -0.05) is 6.07 Å². The molecule has 5 nitrogen and oxygen atoms in total. The molecule has 0 aliphatic carbocycles. The predicted molar refractivity (Wildman–Crippen MR) is 73.6 cm³/mol. The van der Waals surface area contributed by atoms with Crippen LogP contribution in [-0.2, 0) is 0 Å². The summed E-state index contributed by atoms with van der Waals surface area (Å²) in [5.74, 6) is -0.0911. The van der Waals surface area contributed by atoms with E-state index in [1.807, 2.05) is 43.3 Å². The average Bonchev–Trinajstić information content (AvgIpc) is 2.71. The minimum Gasteiger partial charge on any atom is -0.399 e. The first kappa shape index (κ1) is 12.4. The molecule has 0 atom stereocenters. The molecule has 96 valence electrons. The van der Waals surface area contributed by atoms with E-state index >= 15 is 0 Å². The molecule has 0 saturated heterocycles. The van der Waals surface area contributed by atoms with Crippen LogP contribution in [0.15, 0.2) is 24.3 Å². The van der Waals surface area contributed by atoms with Gasteiger partial charge in [-0.15, -0.1) is 0 Å². The lowest BCUT2D eigenvalue weighted by molar-refractivity contribution is 0.0947. The van der Waals surface area contributed by atoms with Crippen molar-refractivity contribution >= 4 is 22.5 Å². The number of carbonyl (C=O) groups excluding carboxylic acids is 1. The van der Waals surface area contributed by atoms with Crippen molar-refractivity contribution in [3.8, 4) is 0 Å². The van der Waals surface area contributed by atoms with Gasteiger partial charge in [0, 0.05) is 29.7 Å². The van der Waals surface area contributed by atoms with Gasteiger partial charge in [0.1, 0.15) is 5.69 Å². The highest BCUT2D eigenvalue weighted by Crippen LogP contribution is 2.18. The molecule has 18 heavy (non-hydrogen) atoms. The number of aromatic amines is 1. The van der Waals surface area contributed by atoms with Crippen molar-refractivity contribution < 1.29 is 4.79 Å². The van der Waals surface area contributed by atoms with Gasteiger partial charge in [-0.2, -0.15) is 0 Å². The zero-order chi connectivity index (χ0) is 13.1. The molecule has 1 heterocycles. The number of hydrogen-bond acceptors (Lipinski definition) is 3. The molecule has 0 aliphatic rings. The maximum atomic E-state index is 11.9. The van der Waals surface area contributed by atoms with Crippen molar-refractivity contribution in [3.05, 3.63) is 30.0 Å². The van der Waals surface area contributed by atoms with Crippen molar-refractivity contribution in [2.45, 2.75) is 0 Å². The quantitative estimate of drug-likeness (QED) is 0.706. The second kappa shape index (κ2) is 5.10. The molecule has 0 fully saturated rings. The van der Waals surface area contributed by atoms with E-state index in [4.69, 9.17) is 5.73 Å². The third kappa shape index (κ3) is 2.81. The summed E-state index contributed by atoms with van der Waals surface area (Å²) in [4.78, 5) is 17.0. The van der Waals surface area contributed by atoms with E-state index in [0.29, 0.717) is 17.9 Å². The van der Waals surface area contributed by atoms with Crippen molar-refractivity contribution in [1.82, 2.24) is 15.2 Å². The van der Waals surface area contributed by atoms with Gasteiger partial charge in [0.15, 0.2) is 0 Å². The van der Waals surface area contributed by atoms with Crippen molar-refractivity contribution in [1.29, 1.82) is 0 Å². The first-order valence-electron chi connectivity index (χ1n) is 5.87. The van der Waals surface area contributed by atoms with E-state index in [0.717, 1.165) is 17.4 Å². The van der Waals surface area contributed by atoms with Gasteiger partial charge < -0.3 is 20.9 Å². The number of amides is 1. The summed E-state index contributed by atoms with van der Waals surface area (Å²) in [7, 11) is 3.94. The van der Waals surface area contributed by atoms with Gasteiger partial charge in [-0.05, 0) is 32.3 Å². The molecular formula is C13H18N4O. The lowest BCUT2D eigenvalue weighted by Gasteiger charge is -2.09. The van der Waals surface area contributed by atoms with E-state index < -0.39 is 0 Å². The third-order valence-corrected chi connectivity index (χ3v) is 2.74. The largest absolute Gasteiger partial charge is 0.399 e. The number of carbonyl (C=O) groups is 1. The fourth-order valence-corrected chi connectivity index (χ4v) is 1.76. The van der Waals surface area contributed by atoms with Crippen molar-refractivity contribution in [2.24, 2.45) is 0 Å². The number of benzene rings is 1. The zero-order valence-corrected chi connectivity index (χ0v) is 10.7. The third-order valence-electron chi connectivity index (χ3n) is 2.74. The number of anilines is 1. The van der Waals surface area contributed by atoms with Crippen LogP contribution in [-0.4, -0.2) is 43.0 Å². The van der Waals surface area contributed by atoms with Crippen molar-refractivity contribution in [2.75, 3.05) is 32.9 Å². The van der Waals surface area contributed by atoms with E-state index in [9.17, 15) is 4.79 Å². The zero-order valence-electron chi connectivity index (χ0n) is 10.7. The van der Waals surface area contributed by atoms with Crippen LogP contribution in [0.1, 0.15) is 10.5 Å². The second-order valence-corrected chi connectivity index (χ2v) is 4.59. The molecule has 0 unspecified atom stereocenters. The first-order valence-corrected chi connectivity index (χ1v) is 5.87. The lowest BCUT2D eigenvalue weighted by atomic mass is 10.2. The van der Waals surface area contributed by atoms with Gasteiger partial charge in [0.05, 0.1) is 0 Å². The molecule has 0 bridgehead atoms. The molecule has 1 aromatic carbocycles. The molecule has 2 rings (SSSR count). The standard InChI is InChI=1S/C13H18N4O/c1-17(2)6-5-15-13(18)12-7-9-3-4-10(14)8-11(9)16-12/h3-4,7-8,16H,5-6,14H2,1-2H3,(H,15,18). The monoisotopic (exact) mass is 246 g/mol. The number of nitrogens with two attached hydrogens (primary N) is 1. The minimum absolute atomic E-state index is 0.0911. The molecule has 5 heteroatoms. The number of nitrogens with one attached hydrogen (secondary N) is 2. The van der Waals surface area contributed by atoms with Crippen molar-refractivity contribution in [3.63, 3.8) is 0 Å². The number of nitrogen functional groups attached to an aromatic ring is 1. The smallest absolute Gasteiger partial charge is 0.267 e. The average molecular weight is 246 g/mol. The normalized spacial score (nSPS) is 11.1. The molecule has 0 spiro atoms. The summed E-state index contributed by atoms with van der Waals surface area (Å²) in [6.07, 6.45) is 0. The summed E-state index contributed by atoms with van der Waals surface area (Å²) < 4.78 is 0. The Hall–Kier alpha value is -2.01. The lowest BCUT2D eigenvalue weighted by Crippen LogP contribution is -2.31. The van der Waals surface area contributed by atoms with Gasteiger partial charge in [0.2, 0.25) is 0 Å². The number of fused-ring (bicyclic) bond motifs is 1. The molecule has 0 radical (unpaired) electrons. The Labute approximate surface area is 106 Å². The number of rotatable bonds is 4. The Bertz CT molecular complexity index is 559. The first-order chi connectivity index (χ1) is 8.56. The van der Waals surface area contributed by atoms with Gasteiger partial charge in [-0.3, -0.25) is 4.79 Å². The van der Waals surface area contributed by atoms with Gasteiger partial charge in [0.25, 0.3) is 5.91 Å². The van der Waals surface area contributed by atoms with Gasteiger partial charge in [-0.25, -0.2) is 0 Å².